The molecule has 0 bridgehead atoms. The molecule has 0 aromatic carbocycles. The molecule has 2 nitrogen and oxygen atoms in total. The Kier molecular flexibility index (Phi) is 3.76. The van der Waals surface area contributed by atoms with Gasteiger partial charge in [-0.2, -0.15) is 0 Å². The molecule has 0 heterocycles. The van der Waals surface area contributed by atoms with E-state index < -0.39 is 0 Å². The Hall–Kier alpha value is -0.530. The van der Waals surface area contributed by atoms with Crippen molar-refractivity contribution >= 4 is 5.91 Å². The minimum absolute atomic E-state index is 0.277. The lowest BCUT2D eigenvalue weighted by atomic mass is 10.0. The highest BCUT2D eigenvalue weighted by atomic mass is 16.1. The number of nitrogens with one attached hydrogen (secondary N) is 1. The van der Waals surface area contributed by atoms with E-state index >= 15 is 0 Å². The third kappa shape index (κ3) is 3.02. The van der Waals surface area contributed by atoms with E-state index in [1.807, 2.05) is 0 Å². The van der Waals surface area contributed by atoms with E-state index in [4.69, 9.17) is 0 Å². The van der Waals surface area contributed by atoms with Crippen LogP contribution in [0.5, 0.6) is 0 Å². The first-order valence-corrected chi connectivity index (χ1v) is 5.41. The molecule has 1 aliphatic carbocycles. The second kappa shape index (κ2) is 4.64. The highest BCUT2D eigenvalue weighted by Crippen LogP contribution is 2.24. The van der Waals surface area contributed by atoms with Gasteiger partial charge in [0.2, 0.25) is 5.91 Å². The quantitative estimate of drug-likeness (QED) is 0.715. The Morgan fingerprint density at radius 2 is 1.77 bits per heavy atom. The monoisotopic (exact) mass is 183 g/mol. The average Bonchev–Trinajstić information content (AvgIpc) is 2.55. The fourth-order valence-corrected chi connectivity index (χ4v) is 1.70. The van der Waals surface area contributed by atoms with Crippen molar-refractivity contribution < 1.29 is 4.79 Å². The first-order valence-electron chi connectivity index (χ1n) is 5.41. The van der Waals surface area contributed by atoms with Gasteiger partial charge in [-0.15, -0.1) is 0 Å². The Balaban J connectivity index is 2.31. The number of carbonyl (C=O) groups excluding carboxylic acids is 1. The van der Waals surface area contributed by atoms with Gasteiger partial charge in [-0.05, 0) is 25.7 Å². The van der Waals surface area contributed by atoms with Crippen molar-refractivity contribution in [3.8, 4) is 0 Å². The molecule has 0 aromatic heterocycles. The van der Waals surface area contributed by atoms with Crippen LogP contribution in [0.1, 0.15) is 46.5 Å². The van der Waals surface area contributed by atoms with E-state index in [1.165, 1.54) is 12.8 Å². The van der Waals surface area contributed by atoms with E-state index in [9.17, 15) is 4.79 Å². The summed E-state index contributed by atoms with van der Waals surface area (Å²) in [5.74, 6) is 1.12. The highest BCUT2D eigenvalue weighted by molar-refractivity contribution is 5.79. The minimum Gasteiger partial charge on any atom is -0.353 e. The number of carbonyl (C=O) groups is 1. The molecule has 1 amide bonds. The average molecular weight is 183 g/mol. The molecule has 1 rings (SSSR count). The Morgan fingerprint density at radius 3 is 2.23 bits per heavy atom. The van der Waals surface area contributed by atoms with Gasteiger partial charge in [-0.3, -0.25) is 4.79 Å². The molecular weight excluding hydrogens is 162 g/mol. The maximum Gasteiger partial charge on any atom is 0.223 e. The Bertz CT molecular complexity index is 171. The summed E-state index contributed by atoms with van der Waals surface area (Å²) < 4.78 is 0. The molecule has 1 saturated carbocycles. The van der Waals surface area contributed by atoms with Crippen molar-refractivity contribution in [3.05, 3.63) is 0 Å². The predicted molar refractivity (Wildman–Crippen MR) is 54.4 cm³/mol. The Labute approximate surface area is 81.1 Å². The van der Waals surface area contributed by atoms with Crippen molar-refractivity contribution in [2.75, 3.05) is 0 Å². The SMILES string of the molecule is CC(C)C(C)NC(=O)C1CCCC1. The second-order valence-electron chi connectivity index (χ2n) is 4.52. The number of hydrogen-bond acceptors (Lipinski definition) is 1. The van der Waals surface area contributed by atoms with Crippen LogP contribution in [0, 0.1) is 11.8 Å². The van der Waals surface area contributed by atoms with Crippen LogP contribution in [0.25, 0.3) is 0 Å². The van der Waals surface area contributed by atoms with Gasteiger partial charge >= 0.3 is 0 Å². The molecule has 1 aliphatic rings. The zero-order valence-electron chi connectivity index (χ0n) is 8.97. The summed E-state index contributed by atoms with van der Waals surface area (Å²) in [5, 5.41) is 3.08. The molecule has 76 valence electrons. The topological polar surface area (TPSA) is 29.1 Å². The first kappa shape index (κ1) is 10.6. The summed E-state index contributed by atoms with van der Waals surface area (Å²) in [6.07, 6.45) is 4.65. The third-order valence-electron chi connectivity index (χ3n) is 3.10. The summed E-state index contributed by atoms with van der Waals surface area (Å²) in [4.78, 5) is 11.6. The van der Waals surface area contributed by atoms with Gasteiger partial charge in [-0.1, -0.05) is 26.7 Å². The van der Waals surface area contributed by atoms with Gasteiger partial charge in [0.25, 0.3) is 0 Å². The second-order valence-corrected chi connectivity index (χ2v) is 4.52. The van der Waals surface area contributed by atoms with Gasteiger partial charge in [0.05, 0.1) is 0 Å². The molecule has 0 aromatic rings. The first-order chi connectivity index (χ1) is 6.11. The smallest absolute Gasteiger partial charge is 0.223 e. The van der Waals surface area contributed by atoms with Gasteiger partial charge in [0.1, 0.15) is 0 Å². The van der Waals surface area contributed by atoms with Crippen molar-refractivity contribution in [2.45, 2.75) is 52.5 Å². The molecule has 0 spiro atoms. The van der Waals surface area contributed by atoms with E-state index in [0.29, 0.717) is 17.9 Å². The number of rotatable bonds is 3. The molecule has 2 heteroatoms. The molecule has 1 unspecified atom stereocenters. The van der Waals surface area contributed by atoms with Crippen molar-refractivity contribution in [1.82, 2.24) is 5.32 Å². The molecule has 1 N–H and O–H groups in total. The van der Waals surface area contributed by atoms with Crippen LogP contribution < -0.4 is 5.32 Å². The fourth-order valence-electron chi connectivity index (χ4n) is 1.70. The van der Waals surface area contributed by atoms with E-state index in [2.05, 4.69) is 26.1 Å². The van der Waals surface area contributed by atoms with Crippen LogP contribution in [-0.4, -0.2) is 11.9 Å². The summed E-state index contributed by atoms with van der Waals surface area (Å²) in [5.41, 5.74) is 0. The molecule has 0 aliphatic heterocycles. The number of hydrogen-bond donors (Lipinski definition) is 1. The van der Waals surface area contributed by atoms with Gasteiger partial charge < -0.3 is 5.32 Å². The summed E-state index contributed by atoms with van der Waals surface area (Å²) in [6.45, 7) is 6.36. The zero-order chi connectivity index (χ0) is 9.84. The number of amides is 1. The summed E-state index contributed by atoms with van der Waals surface area (Å²) in [7, 11) is 0. The van der Waals surface area contributed by atoms with Crippen LogP contribution in [0.15, 0.2) is 0 Å². The lowest BCUT2D eigenvalue weighted by molar-refractivity contribution is -0.125. The molecule has 0 radical (unpaired) electrons. The predicted octanol–water partition coefficient (Wildman–Crippen LogP) is 2.34. The third-order valence-corrected chi connectivity index (χ3v) is 3.10. The normalized spacial score (nSPS) is 20.6. The molecule has 0 saturated heterocycles. The van der Waals surface area contributed by atoms with E-state index in [-0.39, 0.29) is 5.91 Å². The minimum atomic E-state index is 0.277. The van der Waals surface area contributed by atoms with Crippen LogP contribution >= 0.6 is 0 Å². The van der Waals surface area contributed by atoms with Crippen LogP contribution in [-0.2, 0) is 4.79 Å². The maximum absolute atomic E-state index is 11.6. The molecule has 13 heavy (non-hydrogen) atoms. The van der Waals surface area contributed by atoms with E-state index in [0.717, 1.165) is 12.8 Å². The van der Waals surface area contributed by atoms with Crippen molar-refractivity contribution in [3.63, 3.8) is 0 Å². The zero-order valence-corrected chi connectivity index (χ0v) is 8.97. The maximum atomic E-state index is 11.6. The standard InChI is InChI=1S/C11H21NO/c1-8(2)9(3)12-11(13)10-6-4-5-7-10/h8-10H,4-7H2,1-3H3,(H,12,13). The van der Waals surface area contributed by atoms with Gasteiger partial charge in [-0.25, -0.2) is 0 Å². The lowest BCUT2D eigenvalue weighted by Crippen LogP contribution is -2.39. The van der Waals surface area contributed by atoms with Crippen LogP contribution in [0.2, 0.25) is 0 Å². The van der Waals surface area contributed by atoms with Crippen molar-refractivity contribution in [2.24, 2.45) is 11.8 Å². The lowest BCUT2D eigenvalue weighted by Gasteiger charge is -2.19. The van der Waals surface area contributed by atoms with Crippen LogP contribution in [0.4, 0.5) is 0 Å². The fraction of sp³-hybridized carbons (Fsp3) is 0.909. The van der Waals surface area contributed by atoms with Gasteiger partial charge in [0.15, 0.2) is 0 Å². The molecule has 1 atom stereocenters. The largest absolute Gasteiger partial charge is 0.353 e. The van der Waals surface area contributed by atoms with E-state index in [1.54, 1.807) is 0 Å². The van der Waals surface area contributed by atoms with Crippen LogP contribution in [0.3, 0.4) is 0 Å². The summed E-state index contributed by atoms with van der Waals surface area (Å²) >= 11 is 0. The van der Waals surface area contributed by atoms with Gasteiger partial charge in [0, 0.05) is 12.0 Å². The molecule has 1 fully saturated rings. The Morgan fingerprint density at radius 1 is 1.23 bits per heavy atom. The highest BCUT2D eigenvalue weighted by Gasteiger charge is 2.23. The molecular formula is C11H21NO. The summed E-state index contributed by atoms with van der Waals surface area (Å²) in [6, 6.07) is 0.313. The van der Waals surface area contributed by atoms with Crippen molar-refractivity contribution in [1.29, 1.82) is 0 Å².